The average molecular weight is 449 g/mol. The molecule has 7 heteroatoms. The zero-order chi connectivity index (χ0) is 23.2. The molecule has 0 unspecified atom stereocenters. The summed E-state index contributed by atoms with van der Waals surface area (Å²) in [7, 11) is 0. The summed E-state index contributed by atoms with van der Waals surface area (Å²) in [5.74, 6) is 1.48. The predicted molar refractivity (Wildman–Crippen MR) is 128 cm³/mol. The Hall–Kier alpha value is -3.35. The Morgan fingerprint density at radius 2 is 1.85 bits per heavy atom. The molecule has 174 valence electrons. The highest BCUT2D eigenvalue weighted by molar-refractivity contribution is 5.81. The number of carbonyl (C=O) groups excluding carboxylic acids is 2. The van der Waals surface area contributed by atoms with Gasteiger partial charge in [0.2, 0.25) is 5.91 Å². The molecule has 0 spiro atoms. The second kappa shape index (κ2) is 10.5. The van der Waals surface area contributed by atoms with Crippen LogP contribution >= 0.6 is 0 Å². The van der Waals surface area contributed by atoms with Crippen molar-refractivity contribution >= 4 is 22.8 Å². The van der Waals surface area contributed by atoms with Crippen LogP contribution in [0.4, 0.5) is 0 Å². The summed E-state index contributed by atoms with van der Waals surface area (Å²) in [4.78, 5) is 31.9. The highest BCUT2D eigenvalue weighted by Crippen LogP contribution is 2.19. The third kappa shape index (κ3) is 5.72. The molecule has 0 radical (unpaired) electrons. The topological polar surface area (TPSA) is 76.5 Å². The van der Waals surface area contributed by atoms with Gasteiger partial charge in [-0.05, 0) is 62.4 Å². The molecule has 2 aromatic carbocycles. The van der Waals surface area contributed by atoms with E-state index in [1.54, 1.807) is 0 Å². The second-order valence-corrected chi connectivity index (χ2v) is 8.70. The number of imidazole rings is 1. The number of aryl methyl sites for hydroxylation is 2. The van der Waals surface area contributed by atoms with Crippen molar-refractivity contribution in [2.45, 2.75) is 46.1 Å². The molecule has 4 rings (SSSR count). The average Bonchev–Trinajstić information content (AvgIpc) is 3.17. The minimum atomic E-state index is -0.178. The molecule has 1 aliphatic heterocycles. The molecule has 1 N–H and O–H groups in total. The molecule has 0 saturated carbocycles. The van der Waals surface area contributed by atoms with Crippen molar-refractivity contribution < 1.29 is 14.3 Å². The van der Waals surface area contributed by atoms with E-state index in [4.69, 9.17) is 9.72 Å². The first kappa shape index (κ1) is 22.8. The number of para-hydroxylation sites is 2. The van der Waals surface area contributed by atoms with Gasteiger partial charge in [0.05, 0.1) is 11.0 Å². The van der Waals surface area contributed by atoms with E-state index in [0.29, 0.717) is 13.0 Å². The number of fused-ring (bicyclic) bond motifs is 1. The standard InChI is InChI=1S/C26H32N4O3/c1-19-10-11-20(2)23(16-19)33-18-25(31)27-13-12-24-28-21-8-4-5-9-22(21)30(24)17-26(32)29-14-6-3-7-15-29/h4-5,8-11,16H,3,6-7,12-15,17-18H2,1-2H3,(H,27,31). The van der Waals surface area contributed by atoms with Crippen LogP contribution in [0.25, 0.3) is 11.0 Å². The maximum absolute atomic E-state index is 12.9. The molecule has 2 amide bonds. The van der Waals surface area contributed by atoms with Crippen LogP contribution in [0.3, 0.4) is 0 Å². The largest absolute Gasteiger partial charge is 0.483 e. The van der Waals surface area contributed by atoms with E-state index in [9.17, 15) is 9.59 Å². The molecular weight excluding hydrogens is 416 g/mol. The number of amides is 2. The summed E-state index contributed by atoms with van der Waals surface area (Å²) in [5.41, 5.74) is 3.90. The minimum absolute atomic E-state index is 0.0336. The van der Waals surface area contributed by atoms with Crippen molar-refractivity contribution in [3.63, 3.8) is 0 Å². The Balaban J connectivity index is 1.36. The first-order valence-electron chi connectivity index (χ1n) is 11.7. The SMILES string of the molecule is Cc1ccc(C)c(OCC(=O)NCCc2nc3ccccc3n2CC(=O)N2CCCCC2)c1. The quantitative estimate of drug-likeness (QED) is 0.573. The lowest BCUT2D eigenvalue weighted by atomic mass is 10.1. The fourth-order valence-corrected chi connectivity index (χ4v) is 4.24. The van der Waals surface area contributed by atoms with Gasteiger partial charge in [-0.2, -0.15) is 0 Å². The van der Waals surface area contributed by atoms with E-state index in [0.717, 1.165) is 59.7 Å². The maximum atomic E-state index is 12.9. The number of carbonyl (C=O) groups is 2. The van der Waals surface area contributed by atoms with Crippen molar-refractivity contribution in [3.05, 3.63) is 59.4 Å². The van der Waals surface area contributed by atoms with Crippen LogP contribution in [0.5, 0.6) is 5.75 Å². The lowest BCUT2D eigenvalue weighted by Crippen LogP contribution is -2.38. The van der Waals surface area contributed by atoms with Gasteiger partial charge in [0, 0.05) is 26.1 Å². The predicted octanol–water partition coefficient (Wildman–Crippen LogP) is 3.40. The van der Waals surface area contributed by atoms with Crippen LogP contribution in [0.2, 0.25) is 0 Å². The monoisotopic (exact) mass is 448 g/mol. The van der Waals surface area contributed by atoms with Gasteiger partial charge in [0.15, 0.2) is 6.61 Å². The van der Waals surface area contributed by atoms with Gasteiger partial charge in [0.25, 0.3) is 5.91 Å². The number of ether oxygens (including phenoxy) is 1. The van der Waals surface area contributed by atoms with Crippen LogP contribution in [0.15, 0.2) is 42.5 Å². The van der Waals surface area contributed by atoms with Gasteiger partial charge < -0.3 is 19.5 Å². The van der Waals surface area contributed by atoms with E-state index in [1.807, 2.05) is 65.8 Å². The first-order chi connectivity index (χ1) is 16.0. The summed E-state index contributed by atoms with van der Waals surface area (Å²) < 4.78 is 7.68. The summed E-state index contributed by atoms with van der Waals surface area (Å²) in [6.07, 6.45) is 3.87. The second-order valence-electron chi connectivity index (χ2n) is 8.70. The van der Waals surface area contributed by atoms with E-state index in [1.165, 1.54) is 6.42 Å². The van der Waals surface area contributed by atoms with Gasteiger partial charge >= 0.3 is 0 Å². The Labute approximate surface area is 194 Å². The Kier molecular flexibility index (Phi) is 7.27. The maximum Gasteiger partial charge on any atom is 0.257 e. The van der Waals surface area contributed by atoms with Gasteiger partial charge in [0.1, 0.15) is 18.1 Å². The van der Waals surface area contributed by atoms with Gasteiger partial charge in [-0.15, -0.1) is 0 Å². The number of nitrogens with one attached hydrogen (secondary N) is 1. The van der Waals surface area contributed by atoms with Crippen molar-refractivity contribution in [1.82, 2.24) is 19.8 Å². The van der Waals surface area contributed by atoms with Crippen LogP contribution in [0, 0.1) is 13.8 Å². The number of aromatic nitrogens is 2. The summed E-state index contributed by atoms with van der Waals surface area (Å²) in [6, 6.07) is 13.8. The molecule has 7 nitrogen and oxygen atoms in total. The molecule has 0 aliphatic carbocycles. The van der Waals surface area contributed by atoms with Gasteiger partial charge in [-0.3, -0.25) is 9.59 Å². The van der Waals surface area contributed by atoms with E-state index in [2.05, 4.69) is 5.32 Å². The highest BCUT2D eigenvalue weighted by atomic mass is 16.5. The Morgan fingerprint density at radius 3 is 2.67 bits per heavy atom. The van der Waals surface area contributed by atoms with E-state index < -0.39 is 0 Å². The smallest absolute Gasteiger partial charge is 0.257 e. The molecule has 1 saturated heterocycles. The Bertz CT molecular complexity index is 1130. The zero-order valence-electron chi connectivity index (χ0n) is 19.5. The summed E-state index contributed by atoms with van der Waals surface area (Å²) in [6.45, 7) is 6.29. The van der Waals surface area contributed by atoms with E-state index >= 15 is 0 Å². The van der Waals surface area contributed by atoms with Gasteiger partial charge in [-0.25, -0.2) is 4.98 Å². The zero-order valence-corrected chi connectivity index (χ0v) is 19.5. The van der Waals surface area contributed by atoms with Crippen molar-refractivity contribution in [2.24, 2.45) is 0 Å². The third-order valence-corrected chi connectivity index (χ3v) is 6.11. The number of benzene rings is 2. The summed E-state index contributed by atoms with van der Waals surface area (Å²) >= 11 is 0. The molecule has 1 aliphatic rings. The Morgan fingerprint density at radius 1 is 1.06 bits per heavy atom. The molecule has 2 heterocycles. The number of nitrogens with zero attached hydrogens (tertiary/aromatic N) is 3. The molecule has 3 aromatic rings. The molecule has 0 atom stereocenters. The fourth-order valence-electron chi connectivity index (χ4n) is 4.24. The molecule has 0 bridgehead atoms. The fraction of sp³-hybridized carbons (Fsp3) is 0.423. The van der Waals surface area contributed by atoms with Crippen molar-refractivity contribution in [3.8, 4) is 5.75 Å². The summed E-state index contributed by atoms with van der Waals surface area (Å²) in [5, 5.41) is 2.91. The number of hydrogen-bond donors (Lipinski definition) is 1. The minimum Gasteiger partial charge on any atom is -0.483 e. The number of hydrogen-bond acceptors (Lipinski definition) is 4. The first-order valence-corrected chi connectivity index (χ1v) is 11.7. The van der Waals surface area contributed by atoms with E-state index in [-0.39, 0.29) is 25.0 Å². The van der Waals surface area contributed by atoms with Crippen LogP contribution in [-0.4, -0.2) is 52.5 Å². The number of rotatable bonds is 8. The van der Waals surface area contributed by atoms with Gasteiger partial charge in [-0.1, -0.05) is 24.3 Å². The molecule has 33 heavy (non-hydrogen) atoms. The molecule has 1 fully saturated rings. The van der Waals surface area contributed by atoms with Crippen molar-refractivity contribution in [1.29, 1.82) is 0 Å². The highest BCUT2D eigenvalue weighted by Gasteiger charge is 2.20. The molecular formula is C26H32N4O3. The third-order valence-electron chi connectivity index (χ3n) is 6.11. The van der Waals surface area contributed by atoms with Crippen LogP contribution < -0.4 is 10.1 Å². The normalized spacial score (nSPS) is 13.8. The van der Waals surface area contributed by atoms with Crippen LogP contribution in [-0.2, 0) is 22.6 Å². The molecule has 1 aromatic heterocycles. The van der Waals surface area contributed by atoms with Crippen molar-refractivity contribution in [2.75, 3.05) is 26.2 Å². The lowest BCUT2D eigenvalue weighted by molar-refractivity contribution is -0.132. The number of piperidine rings is 1. The lowest BCUT2D eigenvalue weighted by Gasteiger charge is -2.27. The number of likely N-dealkylation sites (tertiary alicyclic amines) is 1. The van der Waals surface area contributed by atoms with Crippen LogP contribution in [0.1, 0.15) is 36.2 Å².